The van der Waals surface area contributed by atoms with E-state index in [2.05, 4.69) is 11.8 Å². The summed E-state index contributed by atoms with van der Waals surface area (Å²) in [6.07, 6.45) is 3.71. The van der Waals surface area contributed by atoms with Crippen molar-refractivity contribution in [1.29, 1.82) is 0 Å². The summed E-state index contributed by atoms with van der Waals surface area (Å²) in [7, 11) is 0. The highest BCUT2D eigenvalue weighted by molar-refractivity contribution is 4.89. The number of nitrogens with zero attached hydrogens (tertiary/aromatic N) is 1. The van der Waals surface area contributed by atoms with E-state index in [0.29, 0.717) is 6.04 Å². The summed E-state index contributed by atoms with van der Waals surface area (Å²) < 4.78 is 5.40. The average molecular weight is 198 g/mol. The molecule has 0 saturated carbocycles. The summed E-state index contributed by atoms with van der Waals surface area (Å²) in [5.74, 6) is 0.720. The van der Waals surface area contributed by atoms with E-state index >= 15 is 0 Å². The fourth-order valence-electron chi connectivity index (χ4n) is 2.88. The second-order valence-corrected chi connectivity index (χ2v) is 4.61. The third-order valence-corrected chi connectivity index (χ3v) is 3.93. The van der Waals surface area contributed by atoms with Crippen LogP contribution in [0.2, 0.25) is 0 Å². The summed E-state index contributed by atoms with van der Waals surface area (Å²) in [4.78, 5) is 2.65. The number of ether oxygens (including phenoxy) is 1. The summed E-state index contributed by atoms with van der Waals surface area (Å²) in [5, 5.41) is 0. The third-order valence-electron chi connectivity index (χ3n) is 3.93. The molecule has 0 aromatic carbocycles. The van der Waals surface area contributed by atoms with Crippen LogP contribution in [0.4, 0.5) is 0 Å². The molecule has 2 fully saturated rings. The number of hydrogen-bond donors (Lipinski definition) is 1. The van der Waals surface area contributed by atoms with Gasteiger partial charge in [0.2, 0.25) is 0 Å². The zero-order valence-corrected chi connectivity index (χ0v) is 9.11. The van der Waals surface area contributed by atoms with Crippen LogP contribution in [0.1, 0.15) is 26.2 Å². The van der Waals surface area contributed by atoms with Gasteiger partial charge in [0.25, 0.3) is 0 Å². The molecule has 82 valence electrons. The lowest BCUT2D eigenvalue weighted by molar-refractivity contribution is 0.0289. The van der Waals surface area contributed by atoms with Crippen LogP contribution in [-0.4, -0.2) is 43.3 Å². The number of nitrogens with two attached hydrogens (primary N) is 1. The molecular formula is C11H22N2O. The Balaban J connectivity index is 1.91. The highest BCUT2D eigenvalue weighted by Crippen LogP contribution is 2.28. The Hall–Kier alpha value is -0.120. The SMILES string of the molecule is CC1C(CN)CCN1C1CCOCC1. The largest absolute Gasteiger partial charge is 0.381 e. The summed E-state index contributed by atoms with van der Waals surface area (Å²) in [6.45, 7) is 6.32. The monoisotopic (exact) mass is 198 g/mol. The van der Waals surface area contributed by atoms with Gasteiger partial charge in [0.15, 0.2) is 0 Å². The zero-order chi connectivity index (χ0) is 9.97. The molecule has 0 aromatic heterocycles. The molecule has 0 radical (unpaired) electrons. The topological polar surface area (TPSA) is 38.5 Å². The van der Waals surface area contributed by atoms with Crippen LogP contribution in [0, 0.1) is 5.92 Å². The summed E-state index contributed by atoms with van der Waals surface area (Å²) in [6, 6.07) is 1.44. The van der Waals surface area contributed by atoms with Crippen LogP contribution in [0.25, 0.3) is 0 Å². The average Bonchev–Trinajstić information content (AvgIpc) is 2.61. The van der Waals surface area contributed by atoms with Gasteiger partial charge in [-0.15, -0.1) is 0 Å². The molecule has 2 aliphatic heterocycles. The van der Waals surface area contributed by atoms with E-state index in [1.54, 1.807) is 0 Å². The van der Waals surface area contributed by atoms with Crippen molar-refractivity contribution in [2.24, 2.45) is 11.7 Å². The molecule has 0 spiro atoms. The summed E-state index contributed by atoms with van der Waals surface area (Å²) >= 11 is 0. The first-order valence-corrected chi connectivity index (χ1v) is 5.86. The van der Waals surface area contributed by atoms with Gasteiger partial charge >= 0.3 is 0 Å². The zero-order valence-electron chi connectivity index (χ0n) is 9.11. The molecular weight excluding hydrogens is 176 g/mol. The Morgan fingerprint density at radius 3 is 2.57 bits per heavy atom. The number of likely N-dealkylation sites (tertiary alicyclic amines) is 1. The van der Waals surface area contributed by atoms with Crippen molar-refractivity contribution in [2.45, 2.75) is 38.3 Å². The first-order valence-electron chi connectivity index (χ1n) is 5.86. The molecule has 3 nitrogen and oxygen atoms in total. The Labute approximate surface area is 86.6 Å². The van der Waals surface area contributed by atoms with E-state index in [1.165, 1.54) is 25.8 Å². The molecule has 3 heteroatoms. The summed E-state index contributed by atoms with van der Waals surface area (Å²) in [5.41, 5.74) is 5.76. The molecule has 2 heterocycles. The second kappa shape index (κ2) is 4.60. The predicted molar refractivity (Wildman–Crippen MR) is 57.2 cm³/mol. The van der Waals surface area contributed by atoms with E-state index in [-0.39, 0.29) is 0 Å². The van der Waals surface area contributed by atoms with Gasteiger partial charge in [-0.1, -0.05) is 0 Å². The van der Waals surface area contributed by atoms with Crippen LogP contribution < -0.4 is 5.73 Å². The highest BCUT2D eigenvalue weighted by Gasteiger charge is 2.34. The van der Waals surface area contributed by atoms with Gasteiger partial charge in [0.05, 0.1) is 0 Å². The quantitative estimate of drug-likeness (QED) is 0.714. The van der Waals surface area contributed by atoms with E-state index in [0.717, 1.165) is 31.7 Å². The molecule has 0 aliphatic carbocycles. The van der Waals surface area contributed by atoms with Crippen LogP contribution >= 0.6 is 0 Å². The molecule has 2 unspecified atom stereocenters. The van der Waals surface area contributed by atoms with E-state index < -0.39 is 0 Å². The van der Waals surface area contributed by atoms with Gasteiger partial charge in [-0.3, -0.25) is 4.90 Å². The molecule has 2 rings (SSSR count). The fraction of sp³-hybridized carbons (Fsp3) is 1.00. The molecule has 0 amide bonds. The molecule has 2 saturated heterocycles. The smallest absolute Gasteiger partial charge is 0.0480 e. The van der Waals surface area contributed by atoms with Gasteiger partial charge in [-0.05, 0) is 45.2 Å². The maximum Gasteiger partial charge on any atom is 0.0480 e. The standard InChI is InChI=1S/C11H22N2O/c1-9-10(8-12)2-5-13(9)11-3-6-14-7-4-11/h9-11H,2-8,12H2,1H3. The Bertz CT molecular complexity index is 180. The van der Waals surface area contributed by atoms with Gasteiger partial charge in [0, 0.05) is 25.3 Å². The maximum absolute atomic E-state index is 5.76. The minimum atomic E-state index is 0.683. The first-order chi connectivity index (χ1) is 6.83. The molecule has 0 bridgehead atoms. The van der Waals surface area contributed by atoms with Crippen molar-refractivity contribution >= 4 is 0 Å². The van der Waals surface area contributed by atoms with Gasteiger partial charge < -0.3 is 10.5 Å². The van der Waals surface area contributed by atoms with E-state index in [4.69, 9.17) is 10.5 Å². The van der Waals surface area contributed by atoms with Crippen molar-refractivity contribution in [1.82, 2.24) is 4.90 Å². The fourth-order valence-corrected chi connectivity index (χ4v) is 2.88. The van der Waals surface area contributed by atoms with Gasteiger partial charge in [-0.2, -0.15) is 0 Å². The Kier molecular flexibility index (Phi) is 3.42. The van der Waals surface area contributed by atoms with Crippen molar-refractivity contribution < 1.29 is 4.74 Å². The second-order valence-electron chi connectivity index (χ2n) is 4.61. The van der Waals surface area contributed by atoms with Crippen LogP contribution in [0.3, 0.4) is 0 Å². The molecule has 2 N–H and O–H groups in total. The lowest BCUT2D eigenvalue weighted by atomic mass is 10.0. The molecule has 2 aliphatic rings. The molecule has 0 aromatic rings. The normalized spacial score (nSPS) is 36.4. The van der Waals surface area contributed by atoms with E-state index in [9.17, 15) is 0 Å². The maximum atomic E-state index is 5.76. The Morgan fingerprint density at radius 2 is 2.00 bits per heavy atom. The van der Waals surface area contributed by atoms with Crippen LogP contribution in [0.15, 0.2) is 0 Å². The first kappa shape index (κ1) is 10.4. The minimum Gasteiger partial charge on any atom is -0.381 e. The molecule has 14 heavy (non-hydrogen) atoms. The highest BCUT2D eigenvalue weighted by atomic mass is 16.5. The third kappa shape index (κ3) is 1.95. The minimum absolute atomic E-state index is 0.683. The van der Waals surface area contributed by atoms with Crippen LogP contribution in [0.5, 0.6) is 0 Å². The van der Waals surface area contributed by atoms with Gasteiger partial charge in [-0.25, -0.2) is 0 Å². The molecule has 2 atom stereocenters. The Morgan fingerprint density at radius 1 is 1.29 bits per heavy atom. The predicted octanol–water partition coefficient (Wildman–Crippen LogP) is 0.834. The van der Waals surface area contributed by atoms with Crippen molar-refractivity contribution in [2.75, 3.05) is 26.3 Å². The lowest BCUT2D eigenvalue weighted by Gasteiger charge is -2.35. The van der Waals surface area contributed by atoms with Crippen molar-refractivity contribution in [3.05, 3.63) is 0 Å². The lowest BCUT2D eigenvalue weighted by Crippen LogP contribution is -2.43. The van der Waals surface area contributed by atoms with E-state index in [1.807, 2.05) is 0 Å². The van der Waals surface area contributed by atoms with Crippen molar-refractivity contribution in [3.63, 3.8) is 0 Å². The number of rotatable bonds is 2. The van der Waals surface area contributed by atoms with Crippen LogP contribution in [-0.2, 0) is 4.74 Å². The van der Waals surface area contributed by atoms with Gasteiger partial charge in [0.1, 0.15) is 0 Å². The number of hydrogen-bond acceptors (Lipinski definition) is 3. The van der Waals surface area contributed by atoms with Crippen molar-refractivity contribution in [3.8, 4) is 0 Å².